The molecule has 0 unspecified atom stereocenters. The topological polar surface area (TPSA) is 95.7 Å². The van der Waals surface area contributed by atoms with Gasteiger partial charge < -0.3 is 20.9 Å². The summed E-state index contributed by atoms with van der Waals surface area (Å²) < 4.78 is 0. The van der Waals surface area contributed by atoms with E-state index >= 15 is 0 Å². The first-order valence-corrected chi connectivity index (χ1v) is 10.8. The second kappa shape index (κ2) is 9.94. The molecule has 4 amide bonds. The lowest BCUT2D eigenvalue weighted by atomic mass is 9.92. The summed E-state index contributed by atoms with van der Waals surface area (Å²) in [5.41, 5.74) is 6.83. The van der Waals surface area contributed by atoms with Crippen LogP contribution < -0.4 is 11.1 Å². The van der Waals surface area contributed by atoms with Crippen molar-refractivity contribution in [1.29, 1.82) is 0 Å². The summed E-state index contributed by atoms with van der Waals surface area (Å²) in [5.74, 6) is -0.195. The maximum absolute atomic E-state index is 12.7. The summed E-state index contributed by atoms with van der Waals surface area (Å²) >= 11 is 0. The summed E-state index contributed by atoms with van der Waals surface area (Å²) in [6, 6.07) is -0.00965. The summed E-state index contributed by atoms with van der Waals surface area (Å²) in [7, 11) is 0. The fourth-order valence-corrected chi connectivity index (χ4v) is 4.55. The first kappa shape index (κ1) is 20.7. The van der Waals surface area contributed by atoms with Gasteiger partial charge in [-0.25, -0.2) is 4.79 Å². The van der Waals surface area contributed by atoms with Crippen molar-refractivity contribution in [2.75, 3.05) is 32.7 Å². The number of nitrogens with one attached hydrogen (secondary N) is 1. The molecule has 3 N–H and O–H groups in total. The highest BCUT2D eigenvalue weighted by molar-refractivity contribution is 5.81. The Balaban J connectivity index is 1.35. The maximum atomic E-state index is 12.7. The molecular formula is C21H34N4O3. The van der Waals surface area contributed by atoms with Gasteiger partial charge in [-0.2, -0.15) is 0 Å². The van der Waals surface area contributed by atoms with Crippen LogP contribution in [0.2, 0.25) is 0 Å². The van der Waals surface area contributed by atoms with E-state index in [1.54, 1.807) is 0 Å². The number of carbonyl (C=O) groups excluding carboxylic acids is 3. The zero-order valence-corrected chi connectivity index (χ0v) is 16.8. The molecule has 2 aliphatic heterocycles. The van der Waals surface area contributed by atoms with Crippen molar-refractivity contribution >= 4 is 17.8 Å². The van der Waals surface area contributed by atoms with Gasteiger partial charge in [0.2, 0.25) is 11.8 Å². The van der Waals surface area contributed by atoms with Gasteiger partial charge in [-0.15, -0.1) is 0 Å². The molecule has 156 valence electrons. The number of hydrogen-bond donors (Lipinski definition) is 2. The van der Waals surface area contributed by atoms with E-state index < -0.39 is 0 Å². The van der Waals surface area contributed by atoms with Crippen LogP contribution in [0.15, 0.2) is 11.6 Å². The van der Waals surface area contributed by atoms with Crippen LogP contribution in [0.25, 0.3) is 0 Å². The Morgan fingerprint density at radius 1 is 0.964 bits per heavy atom. The first-order valence-electron chi connectivity index (χ1n) is 10.8. The smallest absolute Gasteiger partial charge is 0.317 e. The number of piperidine rings is 2. The number of likely N-dealkylation sites (tertiary alicyclic amines) is 2. The van der Waals surface area contributed by atoms with Crippen molar-refractivity contribution < 1.29 is 14.4 Å². The van der Waals surface area contributed by atoms with Crippen molar-refractivity contribution in [3.8, 4) is 0 Å². The minimum Gasteiger partial charge on any atom is -0.369 e. The molecular weight excluding hydrogens is 356 g/mol. The fourth-order valence-electron chi connectivity index (χ4n) is 4.55. The second-order valence-corrected chi connectivity index (χ2v) is 8.35. The molecule has 3 aliphatic rings. The number of allylic oxidation sites excluding steroid dienone is 1. The van der Waals surface area contributed by atoms with E-state index in [1.165, 1.54) is 31.3 Å². The molecule has 28 heavy (non-hydrogen) atoms. The minimum absolute atomic E-state index is 0.00965. The van der Waals surface area contributed by atoms with E-state index in [0.29, 0.717) is 58.4 Å². The number of nitrogens with two attached hydrogens (primary N) is 1. The van der Waals surface area contributed by atoms with E-state index in [4.69, 9.17) is 5.73 Å². The summed E-state index contributed by atoms with van der Waals surface area (Å²) in [5, 5.41) is 3.03. The van der Waals surface area contributed by atoms with Crippen LogP contribution in [0.1, 0.15) is 57.8 Å². The highest BCUT2D eigenvalue weighted by Crippen LogP contribution is 2.24. The zero-order chi connectivity index (χ0) is 19.9. The third-order valence-electron chi connectivity index (χ3n) is 6.45. The molecule has 0 atom stereocenters. The fraction of sp³-hybridized carbons (Fsp3) is 0.762. The predicted octanol–water partition coefficient (Wildman–Crippen LogP) is 2.02. The van der Waals surface area contributed by atoms with E-state index in [0.717, 1.165) is 6.42 Å². The van der Waals surface area contributed by atoms with Crippen molar-refractivity contribution in [1.82, 2.24) is 15.1 Å². The monoisotopic (exact) mass is 390 g/mol. The molecule has 2 heterocycles. The zero-order valence-electron chi connectivity index (χ0n) is 16.8. The van der Waals surface area contributed by atoms with Gasteiger partial charge in [0.05, 0.1) is 0 Å². The number of rotatable bonds is 5. The Bertz CT molecular complexity index is 603. The van der Waals surface area contributed by atoms with E-state index in [-0.39, 0.29) is 29.7 Å². The molecule has 3 rings (SSSR count). The molecule has 0 radical (unpaired) electrons. The molecule has 7 heteroatoms. The normalized spacial score (nSPS) is 21.9. The van der Waals surface area contributed by atoms with E-state index in [9.17, 15) is 14.4 Å². The quantitative estimate of drug-likeness (QED) is 0.703. The van der Waals surface area contributed by atoms with Gasteiger partial charge in [0.15, 0.2) is 0 Å². The number of primary amides is 1. The highest BCUT2D eigenvalue weighted by Gasteiger charge is 2.32. The molecule has 2 saturated heterocycles. The largest absolute Gasteiger partial charge is 0.369 e. The molecule has 0 aromatic rings. The summed E-state index contributed by atoms with van der Waals surface area (Å²) in [4.78, 5) is 40.1. The highest BCUT2D eigenvalue weighted by atomic mass is 16.2. The van der Waals surface area contributed by atoms with Crippen LogP contribution in [0.3, 0.4) is 0 Å². The maximum Gasteiger partial charge on any atom is 0.317 e. The number of hydrogen-bond acceptors (Lipinski definition) is 3. The summed E-state index contributed by atoms with van der Waals surface area (Å²) in [6.45, 7) is 3.18. The lowest BCUT2D eigenvalue weighted by Gasteiger charge is -2.36. The number of nitrogens with zero attached hydrogens (tertiary/aromatic N) is 2. The predicted molar refractivity (Wildman–Crippen MR) is 107 cm³/mol. The van der Waals surface area contributed by atoms with Gasteiger partial charge >= 0.3 is 6.03 Å². The Kier molecular flexibility index (Phi) is 7.34. The summed E-state index contributed by atoms with van der Waals surface area (Å²) in [6.07, 6.45) is 10.9. The molecule has 0 saturated carbocycles. The van der Waals surface area contributed by atoms with Crippen LogP contribution in [0.4, 0.5) is 4.79 Å². The Hall–Kier alpha value is -2.05. The van der Waals surface area contributed by atoms with Gasteiger partial charge in [0.1, 0.15) is 0 Å². The van der Waals surface area contributed by atoms with Crippen LogP contribution in [-0.4, -0.2) is 60.4 Å². The van der Waals surface area contributed by atoms with Gasteiger partial charge in [-0.3, -0.25) is 9.59 Å². The Morgan fingerprint density at radius 3 is 2.21 bits per heavy atom. The van der Waals surface area contributed by atoms with E-state index in [1.807, 2.05) is 9.80 Å². The minimum atomic E-state index is -0.258. The van der Waals surface area contributed by atoms with Gasteiger partial charge in [-0.05, 0) is 57.8 Å². The van der Waals surface area contributed by atoms with Crippen LogP contribution >= 0.6 is 0 Å². The molecule has 0 aromatic carbocycles. The van der Waals surface area contributed by atoms with Crippen molar-refractivity contribution in [2.45, 2.75) is 57.8 Å². The molecule has 0 bridgehead atoms. The van der Waals surface area contributed by atoms with Crippen LogP contribution in [-0.2, 0) is 9.59 Å². The van der Waals surface area contributed by atoms with Crippen molar-refractivity contribution in [2.24, 2.45) is 17.6 Å². The molecule has 2 fully saturated rings. The number of amides is 4. The third kappa shape index (κ3) is 5.49. The Labute approximate surface area is 167 Å². The van der Waals surface area contributed by atoms with Crippen LogP contribution in [0, 0.1) is 11.8 Å². The van der Waals surface area contributed by atoms with Gasteiger partial charge in [0.25, 0.3) is 0 Å². The Morgan fingerprint density at radius 2 is 1.61 bits per heavy atom. The average Bonchev–Trinajstić information content (AvgIpc) is 2.74. The van der Waals surface area contributed by atoms with Crippen molar-refractivity contribution in [3.63, 3.8) is 0 Å². The van der Waals surface area contributed by atoms with Gasteiger partial charge in [0, 0.05) is 44.6 Å². The SMILES string of the molecule is NC(=O)C1CCN(C(=O)C2CCN(C(=O)NCCC3=CCCCC3)CC2)CC1. The molecule has 1 aliphatic carbocycles. The van der Waals surface area contributed by atoms with Crippen LogP contribution in [0.5, 0.6) is 0 Å². The lowest BCUT2D eigenvalue weighted by Crippen LogP contribution is -2.49. The average molecular weight is 391 g/mol. The third-order valence-corrected chi connectivity index (χ3v) is 6.45. The number of carbonyl (C=O) groups is 3. The second-order valence-electron chi connectivity index (χ2n) is 8.35. The molecule has 0 aromatic heterocycles. The molecule has 7 nitrogen and oxygen atoms in total. The standard InChI is InChI=1S/C21H34N4O3/c22-19(26)17-7-12-24(13-8-17)20(27)18-9-14-25(15-10-18)21(28)23-11-6-16-4-2-1-3-5-16/h4,17-18H,1-3,5-15H2,(H2,22,26)(H,23,28). The van der Waals surface area contributed by atoms with E-state index in [2.05, 4.69) is 11.4 Å². The van der Waals surface area contributed by atoms with Crippen molar-refractivity contribution in [3.05, 3.63) is 11.6 Å². The first-order chi connectivity index (χ1) is 13.5. The van der Waals surface area contributed by atoms with Gasteiger partial charge in [-0.1, -0.05) is 11.6 Å². The lowest BCUT2D eigenvalue weighted by molar-refractivity contribution is -0.139. The molecule has 0 spiro atoms. The number of urea groups is 1.